The summed E-state index contributed by atoms with van der Waals surface area (Å²) in [6.45, 7) is 10.2. The topological polar surface area (TPSA) is 72.8 Å². The Labute approximate surface area is 207 Å². The summed E-state index contributed by atoms with van der Waals surface area (Å²) in [5.74, 6) is 0.470. The van der Waals surface area contributed by atoms with Gasteiger partial charge in [-0.3, -0.25) is 9.59 Å². The molecule has 4 rings (SSSR count). The van der Waals surface area contributed by atoms with Crippen molar-refractivity contribution in [3.63, 3.8) is 0 Å². The molecule has 1 aliphatic rings. The molecule has 1 aliphatic heterocycles. The molecule has 7 nitrogen and oxygen atoms in total. The number of hydrogen-bond donors (Lipinski definition) is 1. The highest BCUT2D eigenvalue weighted by Gasteiger charge is 2.47. The molecule has 186 valence electrons. The van der Waals surface area contributed by atoms with E-state index in [9.17, 15) is 9.59 Å². The van der Waals surface area contributed by atoms with E-state index < -0.39 is 5.54 Å². The lowest BCUT2D eigenvalue weighted by Gasteiger charge is -2.44. The Kier molecular flexibility index (Phi) is 7.45. The van der Waals surface area contributed by atoms with Crippen molar-refractivity contribution in [2.75, 3.05) is 19.8 Å². The number of carbonyl (C=O) groups is 2. The third-order valence-corrected chi connectivity index (χ3v) is 6.46. The lowest BCUT2D eigenvalue weighted by atomic mass is 9.93. The van der Waals surface area contributed by atoms with Crippen LogP contribution in [0.2, 0.25) is 0 Å². The Morgan fingerprint density at radius 1 is 1.14 bits per heavy atom. The second-order valence-electron chi connectivity index (χ2n) is 9.45. The van der Waals surface area contributed by atoms with Crippen molar-refractivity contribution < 1.29 is 19.1 Å². The SMILES string of the molecule is CCOc1ccc(CN2C(=O)c3cc4ccccc4n3C[C@]2(C)C(=O)NCCCOC(C)C)cc1. The molecule has 0 fully saturated rings. The summed E-state index contributed by atoms with van der Waals surface area (Å²) in [7, 11) is 0. The zero-order valence-corrected chi connectivity index (χ0v) is 21.0. The van der Waals surface area contributed by atoms with Crippen LogP contribution in [-0.4, -0.2) is 52.7 Å². The van der Waals surface area contributed by atoms with E-state index in [2.05, 4.69) is 5.32 Å². The van der Waals surface area contributed by atoms with Gasteiger partial charge in [0, 0.05) is 30.6 Å². The Morgan fingerprint density at radius 2 is 1.89 bits per heavy atom. The van der Waals surface area contributed by atoms with Crippen molar-refractivity contribution in [3.05, 3.63) is 65.9 Å². The standard InChI is InChI=1S/C28H35N3O4/c1-5-34-23-13-11-21(12-14-23)18-31-26(32)25-17-22-9-6-7-10-24(22)30(25)19-28(31,4)27(33)29-15-8-16-35-20(2)3/h6-7,9-14,17,20H,5,8,15-16,18-19H2,1-4H3,(H,29,33)/t28-/m1/s1. The summed E-state index contributed by atoms with van der Waals surface area (Å²) in [5, 5.41) is 4.05. The fourth-order valence-electron chi connectivity index (χ4n) is 4.58. The van der Waals surface area contributed by atoms with Crippen LogP contribution < -0.4 is 10.1 Å². The number of rotatable bonds is 10. The predicted molar refractivity (Wildman–Crippen MR) is 137 cm³/mol. The minimum atomic E-state index is -1.05. The molecule has 3 aromatic rings. The van der Waals surface area contributed by atoms with E-state index >= 15 is 0 Å². The monoisotopic (exact) mass is 477 g/mol. The molecule has 0 unspecified atom stereocenters. The van der Waals surface area contributed by atoms with Gasteiger partial charge in [-0.25, -0.2) is 0 Å². The van der Waals surface area contributed by atoms with Crippen LogP contribution in [0.1, 0.15) is 50.2 Å². The fraction of sp³-hybridized carbons (Fsp3) is 0.429. The number of hydrogen-bond acceptors (Lipinski definition) is 4. The molecular formula is C28H35N3O4. The second kappa shape index (κ2) is 10.5. The highest BCUT2D eigenvalue weighted by atomic mass is 16.5. The van der Waals surface area contributed by atoms with E-state index in [0.29, 0.717) is 45.0 Å². The molecule has 0 saturated heterocycles. The minimum absolute atomic E-state index is 0.151. The maximum atomic E-state index is 13.8. The fourth-order valence-corrected chi connectivity index (χ4v) is 4.58. The Hall–Kier alpha value is -3.32. The summed E-state index contributed by atoms with van der Waals surface area (Å²) < 4.78 is 13.1. The van der Waals surface area contributed by atoms with Gasteiger partial charge >= 0.3 is 0 Å². The first-order valence-corrected chi connectivity index (χ1v) is 12.4. The number of para-hydroxylation sites is 1. The molecule has 2 amide bonds. The summed E-state index contributed by atoms with van der Waals surface area (Å²) in [4.78, 5) is 29.1. The lowest BCUT2D eigenvalue weighted by Crippen LogP contribution is -2.63. The zero-order valence-electron chi connectivity index (χ0n) is 21.0. The number of carbonyl (C=O) groups excluding carboxylic acids is 2. The first-order chi connectivity index (χ1) is 16.8. The van der Waals surface area contributed by atoms with Gasteiger partial charge in [-0.05, 0) is 63.9 Å². The molecule has 2 aromatic carbocycles. The molecule has 35 heavy (non-hydrogen) atoms. The van der Waals surface area contributed by atoms with Gasteiger partial charge in [-0.1, -0.05) is 30.3 Å². The number of ether oxygens (including phenoxy) is 2. The first kappa shape index (κ1) is 24.8. The molecule has 0 saturated carbocycles. The van der Waals surface area contributed by atoms with Gasteiger partial charge in [-0.15, -0.1) is 0 Å². The smallest absolute Gasteiger partial charge is 0.271 e. The van der Waals surface area contributed by atoms with Crippen LogP contribution in [0.15, 0.2) is 54.6 Å². The van der Waals surface area contributed by atoms with Crippen molar-refractivity contribution >= 4 is 22.7 Å². The second-order valence-corrected chi connectivity index (χ2v) is 9.45. The van der Waals surface area contributed by atoms with Gasteiger partial charge in [-0.2, -0.15) is 0 Å². The highest BCUT2D eigenvalue weighted by molar-refractivity contribution is 6.03. The summed E-state index contributed by atoms with van der Waals surface area (Å²) in [5.41, 5.74) is 1.45. The van der Waals surface area contributed by atoms with Gasteiger partial charge in [0.25, 0.3) is 5.91 Å². The molecule has 0 aliphatic carbocycles. The number of nitrogens with zero attached hydrogens (tertiary/aromatic N) is 2. The Bertz CT molecular complexity index is 1180. The van der Waals surface area contributed by atoms with Crippen LogP contribution in [0.4, 0.5) is 0 Å². The zero-order chi connectivity index (χ0) is 25.0. The Balaban J connectivity index is 1.62. The molecule has 7 heteroatoms. The van der Waals surface area contributed by atoms with Gasteiger partial charge in [0.15, 0.2) is 0 Å². The summed E-state index contributed by atoms with van der Waals surface area (Å²) in [6.07, 6.45) is 0.870. The van der Waals surface area contributed by atoms with Gasteiger partial charge in [0.05, 0.1) is 19.3 Å². The molecule has 0 bridgehead atoms. The quantitative estimate of drug-likeness (QED) is 0.440. The van der Waals surface area contributed by atoms with E-state index in [0.717, 1.165) is 22.2 Å². The molecule has 2 heterocycles. The van der Waals surface area contributed by atoms with Crippen LogP contribution in [0, 0.1) is 0 Å². The lowest BCUT2D eigenvalue weighted by molar-refractivity contribution is -0.133. The van der Waals surface area contributed by atoms with E-state index in [-0.39, 0.29) is 17.9 Å². The number of nitrogens with one attached hydrogen (secondary N) is 1. The van der Waals surface area contributed by atoms with Gasteiger partial charge < -0.3 is 24.3 Å². The number of amides is 2. The van der Waals surface area contributed by atoms with Crippen molar-refractivity contribution in [1.82, 2.24) is 14.8 Å². The maximum Gasteiger partial charge on any atom is 0.271 e. The van der Waals surface area contributed by atoms with E-state index in [1.54, 1.807) is 4.90 Å². The molecule has 0 spiro atoms. The van der Waals surface area contributed by atoms with Crippen molar-refractivity contribution in [1.29, 1.82) is 0 Å². The van der Waals surface area contributed by atoms with Crippen LogP contribution >= 0.6 is 0 Å². The molecular weight excluding hydrogens is 442 g/mol. The Morgan fingerprint density at radius 3 is 2.60 bits per heavy atom. The van der Waals surface area contributed by atoms with Crippen LogP contribution in [0.25, 0.3) is 10.9 Å². The average Bonchev–Trinajstić information content (AvgIpc) is 3.21. The van der Waals surface area contributed by atoms with Crippen molar-refractivity contribution in [2.45, 2.75) is 58.8 Å². The molecule has 1 atom stereocenters. The number of benzene rings is 2. The summed E-state index contributed by atoms with van der Waals surface area (Å²) in [6, 6.07) is 17.5. The molecule has 0 radical (unpaired) electrons. The van der Waals surface area contributed by atoms with Crippen LogP contribution in [-0.2, 0) is 22.6 Å². The third kappa shape index (κ3) is 5.20. The predicted octanol–water partition coefficient (Wildman–Crippen LogP) is 4.39. The van der Waals surface area contributed by atoms with E-state index in [1.807, 2.05) is 86.9 Å². The van der Waals surface area contributed by atoms with Gasteiger partial charge in [0.2, 0.25) is 5.91 Å². The largest absolute Gasteiger partial charge is 0.494 e. The maximum absolute atomic E-state index is 13.8. The number of fused-ring (bicyclic) bond motifs is 3. The van der Waals surface area contributed by atoms with Crippen LogP contribution in [0.3, 0.4) is 0 Å². The number of aromatic nitrogens is 1. The third-order valence-electron chi connectivity index (χ3n) is 6.46. The average molecular weight is 478 g/mol. The van der Waals surface area contributed by atoms with Crippen LogP contribution in [0.5, 0.6) is 5.75 Å². The minimum Gasteiger partial charge on any atom is -0.494 e. The molecule has 1 N–H and O–H groups in total. The first-order valence-electron chi connectivity index (χ1n) is 12.4. The van der Waals surface area contributed by atoms with Gasteiger partial charge in [0.1, 0.15) is 17.0 Å². The van der Waals surface area contributed by atoms with E-state index in [4.69, 9.17) is 9.47 Å². The van der Waals surface area contributed by atoms with Crippen molar-refractivity contribution in [2.24, 2.45) is 0 Å². The highest BCUT2D eigenvalue weighted by Crippen LogP contribution is 2.33. The normalized spacial score (nSPS) is 17.6. The summed E-state index contributed by atoms with van der Waals surface area (Å²) >= 11 is 0. The molecule has 1 aromatic heterocycles. The van der Waals surface area contributed by atoms with Crippen molar-refractivity contribution in [3.8, 4) is 5.75 Å². The van der Waals surface area contributed by atoms with E-state index in [1.165, 1.54) is 0 Å².